The largest absolute Gasteiger partial charge is 0.366 e. The summed E-state index contributed by atoms with van der Waals surface area (Å²) in [6.45, 7) is 0. The first-order chi connectivity index (χ1) is 8.16. The average Bonchev–Trinajstić information content (AvgIpc) is 2.74. The summed E-state index contributed by atoms with van der Waals surface area (Å²) in [4.78, 5) is 10.7. The van der Waals surface area contributed by atoms with Crippen molar-refractivity contribution in [2.45, 2.75) is 0 Å². The molecule has 0 unspecified atom stereocenters. The van der Waals surface area contributed by atoms with Crippen LogP contribution in [0.5, 0.6) is 0 Å². The second-order valence-electron chi connectivity index (χ2n) is 3.52. The number of carbonyl (C=O) groups excluding carboxylic acids is 1. The summed E-state index contributed by atoms with van der Waals surface area (Å²) in [5.74, 6) is -0.821. The zero-order chi connectivity index (χ0) is 12.3. The van der Waals surface area contributed by atoms with E-state index < -0.39 is 5.91 Å². The van der Waals surface area contributed by atoms with Crippen molar-refractivity contribution in [3.05, 3.63) is 60.2 Å². The molecule has 0 aliphatic heterocycles. The van der Waals surface area contributed by atoms with Gasteiger partial charge in [-0.05, 0) is 36.4 Å². The van der Waals surface area contributed by atoms with E-state index in [1.54, 1.807) is 29.0 Å². The molecule has 86 valence electrons. The maximum atomic E-state index is 13.1. The van der Waals surface area contributed by atoms with Crippen LogP contribution in [0.25, 0.3) is 11.8 Å². The number of rotatable bonds is 3. The second-order valence-corrected chi connectivity index (χ2v) is 3.52. The van der Waals surface area contributed by atoms with Gasteiger partial charge in [0.05, 0.1) is 0 Å². The molecule has 0 atom stereocenters. The molecule has 2 rings (SSSR count). The fourth-order valence-corrected chi connectivity index (χ4v) is 1.56. The maximum Gasteiger partial charge on any atom is 0.241 e. The topological polar surface area (TPSA) is 48.0 Å². The van der Waals surface area contributed by atoms with E-state index in [0.717, 1.165) is 5.69 Å². The smallest absolute Gasteiger partial charge is 0.241 e. The van der Waals surface area contributed by atoms with Crippen LogP contribution < -0.4 is 5.73 Å². The molecule has 0 aliphatic rings. The zero-order valence-electron chi connectivity index (χ0n) is 9.01. The number of hydrogen-bond donors (Lipinski definition) is 1. The number of primary amides is 1. The van der Waals surface area contributed by atoms with E-state index in [2.05, 4.69) is 0 Å². The third-order valence-electron chi connectivity index (χ3n) is 2.29. The normalized spacial score (nSPS) is 10.9. The molecule has 1 aromatic carbocycles. The lowest BCUT2D eigenvalue weighted by molar-refractivity contribution is -0.113. The predicted octanol–water partition coefficient (Wildman–Crippen LogP) is 2.11. The number of amides is 1. The van der Waals surface area contributed by atoms with Crippen molar-refractivity contribution in [1.82, 2.24) is 4.57 Å². The molecule has 1 aromatic heterocycles. The van der Waals surface area contributed by atoms with Crippen molar-refractivity contribution in [1.29, 1.82) is 0 Å². The van der Waals surface area contributed by atoms with Crippen LogP contribution in [0.3, 0.4) is 0 Å². The molecular formula is C13H11FN2O. The summed E-state index contributed by atoms with van der Waals surface area (Å²) >= 11 is 0. The molecular weight excluding hydrogens is 219 g/mol. The highest BCUT2D eigenvalue weighted by Gasteiger charge is 2.01. The van der Waals surface area contributed by atoms with Crippen LogP contribution in [0.15, 0.2) is 48.7 Å². The molecule has 0 aliphatic carbocycles. The van der Waals surface area contributed by atoms with Gasteiger partial charge in [0.25, 0.3) is 0 Å². The minimum absolute atomic E-state index is 0.305. The molecule has 1 amide bonds. The SMILES string of the molecule is NC(=O)/C=C/c1cccn1-c1cccc(F)c1. The Kier molecular flexibility index (Phi) is 3.05. The molecule has 17 heavy (non-hydrogen) atoms. The van der Waals surface area contributed by atoms with E-state index in [4.69, 9.17) is 5.73 Å². The van der Waals surface area contributed by atoms with Crippen LogP contribution in [-0.4, -0.2) is 10.5 Å². The lowest BCUT2D eigenvalue weighted by atomic mass is 10.3. The Morgan fingerprint density at radius 1 is 1.29 bits per heavy atom. The van der Waals surface area contributed by atoms with Gasteiger partial charge in [-0.1, -0.05) is 6.07 Å². The number of hydrogen-bond acceptors (Lipinski definition) is 1. The first-order valence-corrected chi connectivity index (χ1v) is 5.07. The van der Waals surface area contributed by atoms with Gasteiger partial charge >= 0.3 is 0 Å². The van der Waals surface area contributed by atoms with Crippen molar-refractivity contribution in [2.24, 2.45) is 5.73 Å². The van der Waals surface area contributed by atoms with Gasteiger partial charge in [-0.3, -0.25) is 4.79 Å². The molecule has 1 heterocycles. The highest BCUT2D eigenvalue weighted by molar-refractivity contribution is 5.90. The molecule has 4 heteroatoms. The number of halogens is 1. The number of benzene rings is 1. The lowest BCUT2D eigenvalue weighted by Crippen LogP contribution is -2.05. The van der Waals surface area contributed by atoms with Crippen molar-refractivity contribution in [3.8, 4) is 5.69 Å². The highest BCUT2D eigenvalue weighted by atomic mass is 19.1. The molecule has 2 aromatic rings. The lowest BCUT2D eigenvalue weighted by Gasteiger charge is -2.06. The van der Waals surface area contributed by atoms with Crippen LogP contribution in [0, 0.1) is 5.82 Å². The highest BCUT2D eigenvalue weighted by Crippen LogP contribution is 2.14. The summed E-state index contributed by atoms with van der Waals surface area (Å²) < 4.78 is 14.9. The Balaban J connectivity index is 2.40. The maximum absolute atomic E-state index is 13.1. The molecule has 0 saturated heterocycles. The van der Waals surface area contributed by atoms with Gasteiger partial charge in [0.15, 0.2) is 0 Å². The quantitative estimate of drug-likeness (QED) is 0.806. The first-order valence-electron chi connectivity index (χ1n) is 5.07. The predicted molar refractivity (Wildman–Crippen MR) is 64.0 cm³/mol. The van der Waals surface area contributed by atoms with E-state index in [-0.39, 0.29) is 5.82 Å². The van der Waals surface area contributed by atoms with Gasteiger partial charge in [-0.2, -0.15) is 0 Å². The Bertz CT molecular complexity index is 572. The van der Waals surface area contributed by atoms with Crippen LogP contribution >= 0.6 is 0 Å². The summed E-state index contributed by atoms with van der Waals surface area (Å²) in [5, 5.41) is 0. The van der Waals surface area contributed by atoms with Crippen LogP contribution in [-0.2, 0) is 4.79 Å². The van der Waals surface area contributed by atoms with Crippen molar-refractivity contribution in [3.63, 3.8) is 0 Å². The van der Waals surface area contributed by atoms with Crippen LogP contribution in [0.4, 0.5) is 4.39 Å². The Labute approximate surface area is 98.0 Å². The van der Waals surface area contributed by atoms with Crippen molar-refractivity contribution < 1.29 is 9.18 Å². The first kappa shape index (κ1) is 11.1. The molecule has 3 nitrogen and oxygen atoms in total. The third kappa shape index (κ3) is 2.60. The Morgan fingerprint density at radius 3 is 2.82 bits per heavy atom. The van der Waals surface area contributed by atoms with Crippen molar-refractivity contribution in [2.75, 3.05) is 0 Å². The third-order valence-corrected chi connectivity index (χ3v) is 2.29. The molecule has 0 fully saturated rings. The average molecular weight is 230 g/mol. The Morgan fingerprint density at radius 2 is 2.12 bits per heavy atom. The fourth-order valence-electron chi connectivity index (χ4n) is 1.56. The minimum Gasteiger partial charge on any atom is -0.366 e. The van der Waals surface area contributed by atoms with E-state index in [1.165, 1.54) is 18.2 Å². The van der Waals surface area contributed by atoms with E-state index in [9.17, 15) is 9.18 Å². The molecule has 0 saturated carbocycles. The fraction of sp³-hybridized carbons (Fsp3) is 0. The number of carbonyl (C=O) groups is 1. The van der Waals surface area contributed by atoms with Crippen LogP contribution in [0.2, 0.25) is 0 Å². The zero-order valence-corrected chi connectivity index (χ0v) is 9.01. The van der Waals surface area contributed by atoms with Crippen LogP contribution in [0.1, 0.15) is 5.69 Å². The number of nitrogens with two attached hydrogens (primary N) is 1. The van der Waals surface area contributed by atoms with E-state index in [0.29, 0.717) is 5.69 Å². The molecule has 0 radical (unpaired) electrons. The monoisotopic (exact) mass is 230 g/mol. The summed E-state index contributed by atoms with van der Waals surface area (Å²) in [6, 6.07) is 9.83. The van der Waals surface area contributed by atoms with Gasteiger partial charge in [-0.15, -0.1) is 0 Å². The van der Waals surface area contributed by atoms with Gasteiger partial charge < -0.3 is 10.3 Å². The molecule has 0 spiro atoms. The minimum atomic E-state index is -0.517. The Hall–Kier alpha value is -2.36. The summed E-state index contributed by atoms with van der Waals surface area (Å²) in [6.07, 6.45) is 4.65. The number of nitrogens with zero attached hydrogens (tertiary/aromatic N) is 1. The second kappa shape index (κ2) is 4.65. The summed E-state index contributed by atoms with van der Waals surface area (Å²) in [7, 11) is 0. The standard InChI is InChI=1S/C13H11FN2O/c14-10-3-1-4-12(9-10)16-8-2-5-11(16)6-7-13(15)17/h1-9H,(H2,15,17)/b7-6+. The van der Waals surface area contributed by atoms with Gasteiger partial charge in [0.1, 0.15) is 5.82 Å². The summed E-state index contributed by atoms with van der Waals surface area (Å²) in [5.41, 5.74) is 6.48. The van der Waals surface area contributed by atoms with Gasteiger partial charge in [-0.25, -0.2) is 4.39 Å². The number of aromatic nitrogens is 1. The molecule has 2 N–H and O–H groups in total. The van der Waals surface area contributed by atoms with Gasteiger partial charge in [0, 0.05) is 23.7 Å². The molecule has 0 bridgehead atoms. The van der Waals surface area contributed by atoms with E-state index in [1.807, 2.05) is 12.1 Å². The van der Waals surface area contributed by atoms with Crippen molar-refractivity contribution >= 4 is 12.0 Å². The van der Waals surface area contributed by atoms with E-state index >= 15 is 0 Å². The van der Waals surface area contributed by atoms with Gasteiger partial charge in [0.2, 0.25) is 5.91 Å².